The maximum Gasteiger partial charge on any atom is 0.225 e. The fourth-order valence-corrected chi connectivity index (χ4v) is 2.30. The first-order valence-electron chi connectivity index (χ1n) is 6.07. The van der Waals surface area contributed by atoms with E-state index in [1.54, 1.807) is 19.5 Å². The SMILES string of the molecule is COc1cnc(N2CCC(C)CC2CN)nc1. The van der Waals surface area contributed by atoms with Crippen molar-refractivity contribution in [3.8, 4) is 5.75 Å². The van der Waals surface area contributed by atoms with E-state index < -0.39 is 0 Å². The third-order valence-corrected chi connectivity index (χ3v) is 3.36. The highest BCUT2D eigenvalue weighted by Gasteiger charge is 2.26. The van der Waals surface area contributed by atoms with E-state index in [9.17, 15) is 0 Å². The molecule has 5 nitrogen and oxygen atoms in total. The van der Waals surface area contributed by atoms with Crippen LogP contribution in [0.4, 0.5) is 5.95 Å². The van der Waals surface area contributed by atoms with Crippen molar-refractivity contribution in [3.05, 3.63) is 12.4 Å². The largest absolute Gasteiger partial charge is 0.494 e. The van der Waals surface area contributed by atoms with Gasteiger partial charge in [-0.05, 0) is 18.8 Å². The molecule has 0 amide bonds. The van der Waals surface area contributed by atoms with Gasteiger partial charge in [0.15, 0.2) is 5.75 Å². The van der Waals surface area contributed by atoms with Crippen molar-refractivity contribution in [2.24, 2.45) is 11.7 Å². The molecule has 0 radical (unpaired) electrons. The molecule has 2 N–H and O–H groups in total. The summed E-state index contributed by atoms with van der Waals surface area (Å²) in [6.07, 6.45) is 5.69. The van der Waals surface area contributed by atoms with Crippen LogP contribution < -0.4 is 15.4 Å². The van der Waals surface area contributed by atoms with Gasteiger partial charge in [-0.2, -0.15) is 0 Å². The number of ether oxygens (including phenoxy) is 1. The molecule has 0 aromatic carbocycles. The summed E-state index contributed by atoms with van der Waals surface area (Å²) in [6, 6.07) is 0.354. The van der Waals surface area contributed by atoms with Gasteiger partial charge in [-0.1, -0.05) is 6.92 Å². The van der Waals surface area contributed by atoms with Crippen molar-refractivity contribution in [2.75, 3.05) is 25.1 Å². The second kappa shape index (κ2) is 5.31. The molecule has 1 aromatic heterocycles. The molecule has 5 heteroatoms. The maximum absolute atomic E-state index is 5.83. The van der Waals surface area contributed by atoms with Gasteiger partial charge in [0.05, 0.1) is 19.5 Å². The molecule has 0 bridgehead atoms. The van der Waals surface area contributed by atoms with Crippen LogP contribution in [0.15, 0.2) is 12.4 Å². The molecule has 0 aliphatic carbocycles. The number of anilines is 1. The summed E-state index contributed by atoms with van der Waals surface area (Å²) in [4.78, 5) is 10.9. The summed E-state index contributed by atoms with van der Waals surface area (Å²) in [7, 11) is 1.61. The molecule has 1 aromatic rings. The Bertz CT molecular complexity index is 354. The van der Waals surface area contributed by atoms with Gasteiger partial charge in [-0.25, -0.2) is 9.97 Å². The lowest BCUT2D eigenvalue weighted by Crippen LogP contribution is -2.47. The van der Waals surface area contributed by atoms with Gasteiger partial charge in [0, 0.05) is 19.1 Å². The third-order valence-electron chi connectivity index (χ3n) is 3.36. The minimum Gasteiger partial charge on any atom is -0.494 e. The quantitative estimate of drug-likeness (QED) is 0.849. The lowest BCUT2D eigenvalue weighted by Gasteiger charge is -2.37. The zero-order chi connectivity index (χ0) is 12.3. The van der Waals surface area contributed by atoms with Crippen molar-refractivity contribution >= 4 is 5.95 Å². The molecule has 2 unspecified atom stereocenters. The summed E-state index contributed by atoms with van der Waals surface area (Å²) in [5.74, 6) is 2.18. The Kier molecular flexibility index (Phi) is 3.78. The van der Waals surface area contributed by atoms with Gasteiger partial charge in [0.25, 0.3) is 0 Å². The Morgan fingerprint density at radius 2 is 2.18 bits per heavy atom. The van der Waals surface area contributed by atoms with Crippen molar-refractivity contribution < 1.29 is 4.74 Å². The number of nitrogens with two attached hydrogens (primary N) is 1. The summed E-state index contributed by atoms with van der Waals surface area (Å²) in [5.41, 5.74) is 5.83. The number of methoxy groups -OCH3 is 1. The average molecular weight is 236 g/mol. The topological polar surface area (TPSA) is 64.3 Å². The molecule has 2 heterocycles. The lowest BCUT2D eigenvalue weighted by atomic mass is 9.93. The lowest BCUT2D eigenvalue weighted by molar-refractivity contribution is 0.361. The zero-order valence-corrected chi connectivity index (χ0v) is 10.5. The number of piperidine rings is 1. The van der Waals surface area contributed by atoms with Gasteiger partial charge >= 0.3 is 0 Å². The van der Waals surface area contributed by atoms with Crippen LogP contribution >= 0.6 is 0 Å². The molecule has 2 rings (SSSR count). The van der Waals surface area contributed by atoms with E-state index in [1.807, 2.05) is 0 Å². The Morgan fingerprint density at radius 3 is 2.76 bits per heavy atom. The molecule has 1 aliphatic rings. The average Bonchev–Trinajstić information content (AvgIpc) is 2.39. The Balaban J connectivity index is 2.13. The van der Waals surface area contributed by atoms with Gasteiger partial charge in [0.1, 0.15) is 0 Å². The third kappa shape index (κ3) is 2.66. The van der Waals surface area contributed by atoms with E-state index in [2.05, 4.69) is 21.8 Å². The van der Waals surface area contributed by atoms with E-state index in [0.29, 0.717) is 18.3 Å². The van der Waals surface area contributed by atoms with Crippen LogP contribution in [-0.4, -0.2) is 36.2 Å². The number of nitrogens with zero attached hydrogens (tertiary/aromatic N) is 3. The van der Waals surface area contributed by atoms with Crippen LogP contribution in [0, 0.1) is 5.92 Å². The monoisotopic (exact) mass is 236 g/mol. The van der Waals surface area contributed by atoms with E-state index >= 15 is 0 Å². The van der Waals surface area contributed by atoms with Crippen molar-refractivity contribution in [3.63, 3.8) is 0 Å². The number of hydrogen-bond acceptors (Lipinski definition) is 5. The standard InChI is InChI=1S/C12H20N4O/c1-9-3-4-16(10(5-9)6-13)12-14-7-11(17-2)8-15-12/h7-10H,3-6,13H2,1-2H3. The van der Waals surface area contributed by atoms with E-state index in [1.165, 1.54) is 6.42 Å². The van der Waals surface area contributed by atoms with Crippen molar-refractivity contribution in [1.29, 1.82) is 0 Å². The predicted octanol–water partition coefficient (Wildman–Crippen LogP) is 1.05. The van der Waals surface area contributed by atoms with E-state index in [-0.39, 0.29) is 0 Å². The summed E-state index contributed by atoms with van der Waals surface area (Å²) < 4.78 is 5.06. The van der Waals surface area contributed by atoms with Crippen LogP contribution in [0.5, 0.6) is 5.75 Å². The summed E-state index contributed by atoms with van der Waals surface area (Å²) in [6.45, 7) is 3.91. The van der Waals surface area contributed by atoms with E-state index in [0.717, 1.165) is 24.8 Å². The van der Waals surface area contributed by atoms with Crippen molar-refractivity contribution in [2.45, 2.75) is 25.8 Å². The fraction of sp³-hybridized carbons (Fsp3) is 0.667. The predicted molar refractivity (Wildman–Crippen MR) is 67.2 cm³/mol. The van der Waals surface area contributed by atoms with Gasteiger partial charge in [-0.15, -0.1) is 0 Å². The minimum absolute atomic E-state index is 0.354. The highest BCUT2D eigenvalue weighted by Crippen LogP contribution is 2.25. The van der Waals surface area contributed by atoms with Gasteiger partial charge in [0.2, 0.25) is 5.95 Å². The second-order valence-electron chi connectivity index (χ2n) is 4.64. The molecule has 17 heavy (non-hydrogen) atoms. The molecule has 1 aliphatic heterocycles. The molecule has 2 atom stereocenters. The molecule has 94 valence electrons. The van der Waals surface area contributed by atoms with Crippen LogP contribution in [0.1, 0.15) is 19.8 Å². The fourth-order valence-electron chi connectivity index (χ4n) is 2.30. The number of hydrogen-bond donors (Lipinski definition) is 1. The highest BCUT2D eigenvalue weighted by molar-refractivity contribution is 5.34. The summed E-state index contributed by atoms with van der Waals surface area (Å²) >= 11 is 0. The molecule has 0 spiro atoms. The molecule has 0 saturated carbocycles. The van der Waals surface area contributed by atoms with Gasteiger partial charge in [-0.3, -0.25) is 0 Å². The van der Waals surface area contributed by atoms with Gasteiger partial charge < -0.3 is 15.4 Å². The number of aromatic nitrogens is 2. The smallest absolute Gasteiger partial charge is 0.225 e. The zero-order valence-electron chi connectivity index (χ0n) is 10.5. The molecular weight excluding hydrogens is 216 g/mol. The number of rotatable bonds is 3. The molecule has 1 fully saturated rings. The van der Waals surface area contributed by atoms with Crippen LogP contribution in [0.2, 0.25) is 0 Å². The van der Waals surface area contributed by atoms with Crippen LogP contribution in [0.25, 0.3) is 0 Å². The first-order chi connectivity index (χ1) is 8.24. The first kappa shape index (κ1) is 12.1. The van der Waals surface area contributed by atoms with Crippen LogP contribution in [-0.2, 0) is 0 Å². The minimum atomic E-state index is 0.354. The summed E-state index contributed by atoms with van der Waals surface area (Å²) in [5, 5.41) is 0. The normalized spacial score (nSPS) is 24.8. The van der Waals surface area contributed by atoms with Crippen molar-refractivity contribution in [1.82, 2.24) is 9.97 Å². The first-order valence-corrected chi connectivity index (χ1v) is 6.07. The molecule has 1 saturated heterocycles. The second-order valence-corrected chi connectivity index (χ2v) is 4.64. The highest BCUT2D eigenvalue weighted by atomic mass is 16.5. The Labute approximate surface area is 102 Å². The maximum atomic E-state index is 5.83. The van der Waals surface area contributed by atoms with Crippen LogP contribution in [0.3, 0.4) is 0 Å². The Hall–Kier alpha value is -1.36. The molecular formula is C12H20N4O. The van der Waals surface area contributed by atoms with E-state index in [4.69, 9.17) is 10.5 Å². The Morgan fingerprint density at radius 1 is 1.47 bits per heavy atom.